The second-order valence-corrected chi connectivity index (χ2v) is 5.33. The Morgan fingerprint density at radius 2 is 1.80 bits per heavy atom. The lowest BCUT2D eigenvalue weighted by atomic mass is 10.2. The van der Waals surface area contributed by atoms with Crippen LogP contribution in [0.3, 0.4) is 0 Å². The van der Waals surface area contributed by atoms with Crippen LogP contribution < -0.4 is 10.6 Å². The smallest absolute Gasteiger partial charge is 0.129 e. The van der Waals surface area contributed by atoms with Crippen LogP contribution in [0.15, 0.2) is 36.4 Å². The summed E-state index contributed by atoms with van der Waals surface area (Å²) in [6.07, 6.45) is 1.09. The van der Waals surface area contributed by atoms with Gasteiger partial charge in [-0.3, -0.25) is 4.90 Å². The molecule has 1 aliphatic rings. The number of para-hydroxylation sites is 1. The van der Waals surface area contributed by atoms with Crippen LogP contribution in [0, 0.1) is 0 Å². The van der Waals surface area contributed by atoms with E-state index in [1.54, 1.807) is 0 Å². The average molecular weight is 270 g/mol. The highest BCUT2D eigenvalue weighted by molar-refractivity contribution is 5.80. The van der Waals surface area contributed by atoms with E-state index in [0.717, 1.165) is 57.0 Å². The molecule has 20 heavy (non-hydrogen) atoms. The number of pyridine rings is 1. The molecule has 0 saturated carbocycles. The quantitative estimate of drug-likeness (QED) is 0.918. The Bertz CT molecular complexity index is 561. The second-order valence-electron chi connectivity index (χ2n) is 5.33. The van der Waals surface area contributed by atoms with E-state index in [-0.39, 0.29) is 0 Å². The minimum absolute atomic E-state index is 0.784. The van der Waals surface area contributed by atoms with Crippen molar-refractivity contribution >= 4 is 16.7 Å². The Morgan fingerprint density at radius 3 is 2.60 bits per heavy atom. The molecule has 2 heterocycles. The molecule has 4 heteroatoms. The SMILES string of the molecule is NCCCN1CCN(c2ccc3ccccc3n2)CC1. The van der Waals surface area contributed by atoms with Gasteiger partial charge < -0.3 is 10.6 Å². The number of benzene rings is 1. The molecule has 0 amide bonds. The molecule has 2 N–H and O–H groups in total. The van der Waals surface area contributed by atoms with Gasteiger partial charge in [-0.05, 0) is 37.7 Å². The van der Waals surface area contributed by atoms with Crippen molar-refractivity contribution < 1.29 is 0 Å². The fraction of sp³-hybridized carbons (Fsp3) is 0.438. The summed E-state index contributed by atoms with van der Waals surface area (Å²) in [6, 6.07) is 12.6. The third-order valence-electron chi connectivity index (χ3n) is 3.96. The van der Waals surface area contributed by atoms with Crippen molar-refractivity contribution in [2.45, 2.75) is 6.42 Å². The number of aromatic nitrogens is 1. The molecule has 0 atom stereocenters. The molecule has 0 aliphatic carbocycles. The normalized spacial score (nSPS) is 16.8. The highest BCUT2D eigenvalue weighted by Gasteiger charge is 2.17. The van der Waals surface area contributed by atoms with Gasteiger partial charge in [-0.1, -0.05) is 18.2 Å². The van der Waals surface area contributed by atoms with E-state index in [9.17, 15) is 0 Å². The minimum atomic E-state index is 0.784. The molecule has 0 radical (unpaired) electrons. The molecule has 106 valence electrons. The summed E-state index contributed by atoms with van der Waals surface area (Å²) in [6.45, 7) is 6.22. The lowest BCUT2D eigenvalue weighted by molar-refractivity contribution is 0.256. The number of fused-ring (bicyclic) bond motifs is 1. The van der Waals surface area contributed by atoms with Crippen LogP contribution in [0.5, 0.6) is 0 Å². The first-order valence-corrected chi connectivity index (χ1v) is 7.40. The van der Waals surface area contributed by atoms with E-state index < -0.39 is 0 Å². The van der Waals surface area contributed by atoms with Crippen molar-refractivity contribution in [3.8, 4) is 0 Å². The Morgan fingerprint density at radius 1 is 1.00 bits per heavy atom. The maximum atomic E-state index is 5.57. The van der Waals surface area contributed by atoms with Gasteiger partial charge in [-0.15, -0.1) is 0 Å². The fourth-order valence-electron chi connectivity index (χ4n) is 2.75. The standard InChI is InChI=1S/C16H22N4/c17-8-3-9-19-10-12-20(13-11-19)16-7-6-14-4-1-2-5-15(14)18-16/h1-2,4-7H,3,8-13,17H2. The van der Waals surface area contributed by atoms with Gasteiger partial charge in [0.05, 0.1) is 5.52 Å². The Labute approximate surface area is 120 Å². The van der Waals surface area contributed by atoms with Crippen molar-refractivity contribution in [3.63, 3.8) is 0 Å². The minimum Gasteiger partial charge on any atom is -0.354 e. The highest BCUT2D eigenvalue weighted by Crippen LogP contribution is 2.19. The summed E-state index contributed by atoms with van der Waals surface area (Å²) >= 11 is 0. The number of rotatable bonds is 4. The van der Waals surface area contributed by atoms with Gasteiger partial charge in [0.15, 0.2) is 0 Å². The maximum absolute atomic E-state index is 5.57. The molecule has 1 fully saturated rings. The van der Waals surface area contributed by atoms with Crippen molar-refractivity contribution in [2.75, 3.05) is 44.2 Å². The van der Waals surface area contributed by atoms with E-state index in [4.69, 9.17) is 10.7 Å². The fourth-order valence-corrected chi connectivity index (χ4v) is 2.75. The van der Waals surface area contributed by atoms with Crippen LogP contribution in [0.1, 0.15) is 6.42 Å². The van der Waals surface area contributed by atoms with Gasteiger partial charge >= 0.3 is 0 Å². The molecular weight excluding hydrogens is 248 g/mol. The molecular formula is C16H22N4. The Balaban J connectivity index is 1.67. The predicted octanol–water partition coefficient (Wildman–Crippen LogP) is 1.71. The Kier molecular flexibility index (Phi) is 4.14. The summed E-state index contributed by atoms with van der Waals surface area (Å²) in [4.78, 5) is 9.64. The zero-order valence-electron chi connectivity index (χ0n) is 11.8. The molecule has 1 aliphatic heterocycles. The summed E-state index contributed by atoms with van der Waals surface area (Å²) in [5.74, 6) is 1.10. The maximum Gasteiger partial charge on any atom is 0.129 e. The van der Waals surface area contributed by atoms with Gasteiger partial charge in [-0.2, -0.15) is 0 Å². The van der Waals surface area contributed by atoms with Crippen LogP contribution in [0.2, 0.25) is 0 Å². The predicted molar refractivity (Wildman–Crippen MR) is 84.1 cm³/mol. The van der Waals surface area contributed by atoms with Crippen molar-refractivity contribution in [2.24, 2.45) is 5.73 Å². The van der Waals surface area contributed by atoms with Crippen molar-refractivity contribution in [3.05, 3.63) is 36.4 Å². The molecule has 2 aromatic rings. The third kappa shape index (κ3) is 2.92. The zero-order valence-corrected chi connectivity index (χ0v) is 11.8. The van der Waals surface area contributed by atoms with Crippen LogP contribution in [-0.4, -0.2) is 49.2 Å². The molecule has 0 bridgehead atoms. The van der Waals surface area contributed by atoms with Gasteiger partial charge in [0, 0.05) is 31.6 Å². The summed E-state index contributed by atoms with van der Waals surface area (Å²) in [5, 5.41) is 1.21. The summed E-state index contributed by atoms with van der Waals surface area (Å²) < 4.78 is 0. The molecule has 1 aromatic carbocycles. The van der Waals surface area contributed by atoms with Crippen molar-refractivity contribution in [1.82, 2.24) is 9.88 Å². The molecule has 1 saturated heterocycles. The van der Waals surface area contributed by atoms with E-state index in [2.05, 4.69) is 40.1 Å². The number of nitrogens with zero attached hydrogens (tertiary/aromatic N) is 3. The molecule has 3 rings (SSSR count). The first kappa shape index (κ1) is 13.3. The summed E-state index contributed by atoms with van der Waals surface area (Å²) in [5.41, 5.74) is 6.65. The summed E-state index contributed by atoms with van der Waals surface area (Å²) in [7, 11) is 0. The van der Waals surface area contributed by atoms with E-state index in [1.807, 2.05) is 6.07 Å². The number of anilines is 1. The largest absolute Gasteiger partial charge is 0.354 e. The highest BCUT2D eigenvalue weighted by atomic mass is 15.3. The molecule has 4 nitrogen and oxygen atoms in total. The lowest BCUT2D eigenvalue weighted by Gasteiger charge is -2.35. The van der Waals surface area contributed by atoms with Crippen LogP contribution in [0.4, 0.5) is 5.82 Å². The van der Waals surface area contributed by atoms with Gasteiger partial charge in [0.2, 0.25) is 0 Å². The first-order valence-electron chi connectivity index (χ1n) is 7.40. The number of hydrogen-bond donors (Lipinski definition) is 1. The molecule has 0 spiro atoms. The molecule has 0 unspecified atom stereocenters. The van der Waals surface area contributed by atoms with Crippen LogP contribution in [-0.2, 0) is 0 Å². The van der Waals surface area contributed by atoms with Gasteiger partial charge in [-0.25, -0.2) is 4.98 Å². The Hall–Kier alpha value is -1.65. The number of hydrogen-bond acceptors (Lipinski definition) is 4. The second kappa shape index (κ2) is 6.20. The number of nitrogens with two attached hydrogens (primary N) is 1. The average Bonchev–Trinajstić information content (AvgIpc) is 2.53. The van der Waals surface area contributed by atoms with Gasteiger partial charge in [0.25, 0.3) is 0 Å². The monoisotopic (exact) mass is 270 g/mol. The van der Waals surface area contributed by atoms with Crippen LogP contribution >= 0.6 is 0 Å². The number of piperazine rings is 1. The molecule has 1 aromatic heterocycles. The first-order chi connectivity index (χ1) is 9.86. The lowest BCUT2D eigenvalue weighted by Crippen LogP contribution is -2.47. The topological polar surface area (TPSA) is 45.4 Å². The third-order valence-corrected chi connectivity index (χ3v) is 3.96. The van der Waals surface area contributed by atoms with E-state index in [1.165, 1.54) is 5.39 Å². The van der Waals surface area contributed by atoms with Gasteiger partial charge in [0.1, 0.15) is 5.82 Å². The van der Waals surface area contributed by atoms with E-state index in [0.29, 0.717) is 0 Å². The van der Waals surface area contributed by atoms with Crippen LogP contribution in [0.25, 0.3) is 10.9 Å². The zero-order chi connectivity index (χ0) is 13.8. The van der Waals surface area contributed by atoms with E-state index >= 15 is 0 Å². The van der Waals surface area contributed by atoms with Crippen molar-refractivity contribution in [1.29, 1.82) is 0 Å².